The number of nitrogens with zero attached hydrogens (tertiary/aromatic N) is 4. The van der Waals surface area contributed by atoms with E-state index in [1.807, 2.05) is 0 Å². The molecule has 0 aromatic carbocycles. The minimum absolute atomic E-state index is 0.403. The van der Waals surface area contributed by atoms with Crippen molar-refractivity contribution >= 4 is 0 Å². The van der Waals surface area contributed by atoms with Crippen LogP contribution in [0.4, 0.5) is 0 Å². The number of ether oxygens (including phenoxy) is 1. The Hall–Kier alpha value is -2.28. The van der Waals surface area contributed by atoms with E-state index < -0.39 is 0 Å². The monoisotopic (exact) mass is 247 g/mol. The molecule has 0 fully saturated rings. The average molecular weight is 247 g/mol. The second-order valence-corrected chi connectivity index (χ2v) is 3.39. The van der Waals surface area contributed by atoms with Crippen LogP contribution in [0.25, 0.3) is 11.5 Å². The van der Waals surface area contributed by atoms with Gasteiger partial charge in [0.2, 0.25) is 17.6 Å². The highest BCUT2D eigenvalue weighted by Gasteiger charge is 2.10. The Labute approximate surface area is 104 Å². The lowest BCUT2D eigenvalue weighted by atomic mass is 10.4. The van der Waals surface area contributed by atoms with Gasteiger partial charge in [0.1, 0.15) is 5.69 Å². The number of hydrogen-bond acceptors (Lipinski definition) is 7. The topological polar surface area (TPSA) is 86.0 Å². The Morgan fingerprint density at radius 2 is 2.33 bits per heavy atom. The van der Waals surface area contributed by atoms with E-state index in [4.69, 9.17) is 9.26 Å². The summed E-state index contributed by atoms with van der Waals surface area (Å²) in [5.41, 5.74) is 0.537. The summed E-state index contributed by atoms with van der Waals surface area (Å²) in [4.78, 5) is 4.19. The van der Waals surface area contributed by atoms with Crippen LogP contribution in [0.2, 0.25) is 0 Å². The van der Waals surface area contributed by atoms with Crippen molar-refractivity contribution < 1.29 is 9.26 Å². The predicted molar refractivity (Wildman–Crippen MR) is 63.8 cm³/mol. The molecule has 0 bridgehead atoms. The summed E-state index contributed by atoms with van der Waals surface area (Å²) in [5, 5.41) is 14.7. The quantitative estimate of drug-likeness (QED) is 0.597. The maximum Gasteiger partial charge on any atom is 0.240 e. The standard InChI is InChI=1S/C11H13N5O2/c1-3-6-12-7-10-13-11(16-18-10)8-4-5-9(17-2)15-14-8/h3-5,12H,1,6-7H2,2H3. The molecule has 94 valence electrons. The lowest BCUT2D eigenvalue weighted by molar-refractivity contribution is 0.370. The minimum Gasteiger partial charge on any atom is -0.480 e. The van der Waals surface area contributed by atoms with Gasteiger partial charge in [-0.15, -0.1) is 16.8 Å². The molecule has 0 spiro atoms. The summed E-state index contributed by atoms with van der Waals surface area (Å²) >= 11 is 0. The molecule has 2 aromatic rings. The number of nitrogens with one attached hydrogen (secondary N) is 1. The summed E-state index contributed by atoms with van der Waals surface area (Å²) in [6.07, 6.45) is 1.76. The summed E-state index contributed by atoms with van der Waals surface area (Å²) < 4.78 is 9.98. The Morgan fingerprint density at radius 1 is 1.44 bits per heavy atom. The first-order valence-corrected chi connectivity index (χ1v) is 5.35. The first kappa shape index (κ1) is 12.2. The van der Waals surface area contributed by atoms with Crippen molar-refractivity contribution in [1.82, 2.24) is 25.7 Å². The van der Waals surface area contributed by atoms with Crippen LogP contribution in [0.1, 0.15) is 5.89 Å². The summed E-state index contributed by atoms with van der Waals surface area (Å²) in [6, 6.07) is 3.41. The van der Waals surface area contributed by atoms with Crippen LogP contribution in [0, 0.1) is 0 Å². The van der Waals surface area contributed by atoms with Crippen LogP contribution in [-0.2, 0) is 6.54 Å². The molecule has 0 unspecified atom stereocenters. The fourth-order valence-corrected chi connectivity index (χ4v) is 1.26. The first-order chi connectivity index (χ1) is 8.83. The zero-order chi connectivity index (χ0) is 12.8. The Balaban J connectivity index is 2.06. The van der Waals surface area contributed by atoms with E-state index in [0.717, 1.165) is 0 Å². The van der Waals surface area contributed by atoms with E-state index in [2.05, 4.69) is 32.2 Å². The smallest absolute Gasteiger partial charge is 0.240 e. The molecule has 0 aliphatic carbocycles. The highest BCUT2D eigenvalue weighted by Crippen LogP contribution is 2.14. The number of methoxy groups -OCH3 is 1. The molecule has 0 aliphatic heterocycles. The highest BCUT2D eigenvalue weighted by atomic mass is 16.5. The number of hydrogen-bond donors (Lipinski definition) is 1. The van der Waals surface area contributed by atoms with E-state index in [-0.39, 0.29) is 0 Å². The van der Waals surface area contributed by atoms with Crippen molar-refractivity contribution in [2.24, 2.45) is 0 Å². The molecule has 0 radical (unpaired) electrons. The summed E-state index contributed by atoms with van der Waals surface area (Å²) in [6.45, 7) is 4.77. The molecule has 2 heterocycles. The molecule has 2 rings (SSSR count). The van der Waals surface area contributed by atoms with Crippen molar-refractivity contribution in [3.63, 3.8) is 0 Å². The van der Waals surface area contributed by atoms with Crippen LogP contribution in [0.15, 0.2) is 29.3 Å². The third kappa shape index (κ3) is 2.89. The molecule has 0 amide bonds. The van der Waals surface area contributed by atoms with E-state index in [9.17, 15) is 0 Å². The van der Waals surface area contributed by atoms with Gasteiger partial charge in [-0.2, -0.15) is 4.98 Å². The van der Waals surface area contributed by atoms with Gasteiger partial charge < -0.3 is 14.6 Å². The van der Waals surface area contributed by atoms with Gasteiger partial charge in [-0.3, -0.25) is 0 Å². The third-order valence-corrected chi connectivity index (χ3v) is 2.11. The second kappa shape index (κ2) is 5.87. The van der Waals surface area contributed by atoms with E-state index in [1.165, 1.54) is 7.11 Å². The van der Waals surface area contributed by atoms with Crippen LogP contribution < -0.4 is 10.1 Å². The lowest BCUT2D eigenvalue weighted by Crippen LogP contribution is -2.12. The van der Waals surface area contributed by atoms with E-state index >= 15 is 0 Å². The van der Waals surface area contributed by atoms with Crippen molar-refractivity contribution in [3.05, 3.63) is 30.7 Å². The predicted octanol–water partition coefficient (Wildman–Crippen LogP) is 0.811. The Kier molecular flexibility index (Phi) is 3.98. The lowest BCUT2D eigenvalue weighted by Gasteiger charge is -1.96. The van der Waals surface area contributed by atoms with E-state index in [1.54, 1.807) is 18.2 Å². The van der Waals surface area contributed by atoms with Gasteiger partial charge in [0.05, 0.1) is 13.7 Å². The molecule has 0 atom stereocenters. The van der Waals surface area contributed by atoms with Crippen LogP contribution >= 0.6 is 0 Å². The molecule has 0 saturated heterocycles. The molecule has 2 aromatic heterocycles. The average Bonchev–Trinajstić information content (AvgIpc) is 2.88. The highest BCUT2D eigenvalue weighted by molar-refractivity contribution is 5.47. The Bertz CT molecular complexity index is 508. The molecular weight excluding hydrogens is 234 g/mol. The van der Waals surface area contributed by atoms with Gasteiger partial charge in [0, 0.05) is 12.6 Å². The molecule has 0 aliphatic rings. The normalized spacial score (nSPS) is 10.3. The van der Waals surface area contributed by atoms with Gasteiger partial charge in [0.15, 0.2) is 0 Å². The summed E-state index contributed by atoms with van der Waals surface area (Å²) in [7, 11) is 1.53. The minimum atomic E-state index is 0.403. The molecule has 1 N–H and O–H groups in total. The SMILES string of the molecule is C=CCNCc1nc(-c2ccc(OC)nn2)no1. The third-order valence-electron chi connectivity index (χ3n) is 2.11. The number of rotatable bonds is 6. The zero-order valence-electron chi connectivity index (χ0n) is 9.96. The second-order valence-electron chi connectivity index (χ2n) is 3.39. The zero-order valence-corrected chi connectivity index (χ0v) is 9.96. The molecular formula is C11H13N5O2. The van der Waals surface area contributed by atoms with Crippen LogP contribution in [0.5, 0.6) is 5.88 Å². The largest absolute Gasteiger partial charge is 0.480 e. The fraction of sp³-hybridized carbons (Fsp3) is 0.273. The summed E-state index contributed by atoms with van der Waals surface area (Å²) in [5.74, 6) is 1.33. The molecule has 0 saturated carbocycles. The van der Waals surface area contributed by atoms with Gasteiger partial charge >= 0.3 is 0 Å². The van der Waals surface area contributed by atoms with Crippen molar-refractivity contribution in [3.8, 4) is 17.4 Å². The maximum atomic E-state index is 5.07. The molecule has 7 heteroatoms. The van der Waals surface area contributed by atoms with E-state index in [0.29, 0.717) is 36.4 Å². The Morgan fingerprint density at radius 3 is 3.00 bits per heavy atom. The van der Waals surface area contributed by atoms with Crippen LogP contribution in [0.3, 0.4) is 0 Å². The number of aromatic nitrogens is 4. The van der Waals surface area contributed by atoms with Gasteiger partial charge in [-0.05, 0) is 6.07 Å². The molecule has 18 heavy (non-hydrogen) atoms. The van der Waals surface area contributed by atoms with Crippen LogP contribution in [-0.4, -0.2) is 34.0 Å². The maximum absolute atomic E-state index is 5.07. The first-order valence-electron chi connectivity index (χ1n) is 5.35. The van der Waals surface area contributed by atoms with Crippen molar-refractivity contribution in [2.75, 3.05) is 13.7 Å². The van der Waals surface area contributed by atoms with Gasteiger partial charge in [-0.1, -0.05) is 11.2 Å². The van der Waals surface area contributed by atoms with Gasteiger partial charge in [0.25, 0.3) is 0 Å². The molecule has 7 nitrogen and oxygen atoms in total. The fourth-order valence-electron chi connectivity index (χ4n) is 1.26. The van der Waals surface area contributed by atoms with Gasteiger partial charge in [-0.25, -0.2) is 0 Å². The van der Waals surface area contributed by atoms with Crippen molar-refractivity contribution in [1.29, 1.82) is 0 Å². The van der Waals surface area contributed by atoms with Crippen molar-refractivity contribution in [2.45, 2.75) is 6.54 Å².